The SMILES string of the molecule is CC(=O)N[C@@H](C)COC1CCC(Oc2nc3ccc(OCC(F)F)cc3n2C)CC1. The van der Waals surface area contributed by atoms with Crippen molar-refractivity contribution in [3.05, 3.63) is 18.2 Å². The standard InChI is InChI=1S/C21H29F2N3O4/c1-13(24-14(2)27)11-28-15-4-6-16(7-5-15)30-21-25-18-9-8-17(29-12-20(22)23)10-19(18)26(21)3/h8-10,13,15-16,20H,4-7,11-12H2,1-3H3,(H,24,27)/t13-,15?,16?/m0/s1. The molecule has 1 atom stereocenters. The molecule has 0 radical (unpaired) electrons. The van der Waals surface area contributed by atoms with Crippen LogP contribution in [0.3, 0.4) is 0 Å². The molecule has 1 N–H and O–H groups in total. The molecule has 1 aromatic heterocycles. The van der Waals surface area contributed by atoms with Crippen molar-refractivity contribution < 1.29 is 27.8 Å². The van der Waals surface area contributed by atoms with Crippen molar-refractivity contribution in [3.63, 3.8) is 0 Å². The summed E-state index contributed by atoms with van der Waals surface area (Å²) in [5, 5.41) is 2.81. The normalized spacial score (nSPS) is 20.3. The highest BCUT2D eigenvalue weighted by molar-refractivity contribution is 5.78. The third-order valence-corrected chi connectivity index (χ3v) is 5.11. The molecule has 1 amide bonds. The average Bonchev–Trinajstić information content (AvgIpc) is 3.00. The number of carbonyl (C=O) groups excluding carboxylic acids is 1. The Labute approximate surface area is 174 Å². The first kappa shape index (κ1) is 22.3. The lowest BCUT2D eigenvalue weighted by Gasteiger charge is -2.29. The minimum atomic E-state index is -2.51. The predicted octanol–water partition coefficient (Wildman–Crippen LogP) is 3.45. The number of carbonyl (C=O) groups is 1. The number of rotatable bonds is 9. The van der Waals surface area contributed by atoms with Gasteiger partial charge in [-0.05, 0) is 44.7 Å². The molecule has 0 spiro atoms. The number of imidazole rings is 1. The Morgan fingerprint density at radius 1 is 1.23 bits per heavy atom. The molecule has 1 aliphatic carbocycles. The van der Waals surface area contributed by atoms with Crippen LogP contribution >= 0.6 is 0 Å². The molecular weight excluding hydrogens is 396 g/mol. The molecule has 3 rings (SSSR count). The van der Waals surface area contributed by atoms with Crippen molar-refractivity contribution in [1.29, 1.82) is 0 Å². The largest absolute Gasteiger partial charge is 0.488 e. The van der Waals surface area contributed by atoms with Crippen LogP contribution in [-0.2, 0) is 16.6 Å². The van der Waals surface area contributed by atoms with E-state index < -0.39 is 13.0 Å². The number of hydrogen-bond donors (Lipinski definition) is 1. The summed E-state index contributed by atoms with van der Waals surface area (Å²) < 4.78 is 43.6. The highest BCUT2D eigenvalue weighted by atomic mass is 19.3. The third kappa shape index (κ3) is 6.04. The van der Waals surface area contributed by atoms with Gasteiger partial charge in [-0.2, -0.15) is 4.98 Å². The minimum Gasteiger partial charge on any atom is -0.488 e. The van der Waals surface area contributed by atoms with E-state index in [1.54, 1.807) is 18.2 Å². The maximum atomic E-state index is 12.4. The van der Waals surface area contributed by atoms with E-state index in [4.69, 9.17) is 14.2 Å². The van der Waals surface area contributed by atoms with E-state index in [1.807, 2.05) is 18.5 Å². The third-order valence-electron chi connectivity index (χ3n) is 5.11. The molecule has 30 heavy (non-hydrogen) atoms. The Morgan fingerprint density at radius 3 is 2.60 bits per heavy atom. The van der Waals surface area contributed by atoms with E-state index >= 15 is 0 Å². The van der Waals surface area contributed by atoms with Crippen LogP contribution in [0.15, 0.2) is 18.2 Å². The average molecular weight is 425 g/mol. The molecule has 1 saturated carbocycles. The van der Waals surface area contributed by atoms with Crippen molar-refractivity contribution in [2.75, 3.05) is 13.2 Å². The number of alkyl halides is 2. The quantitative estimate of drug-likeness (QED) is 0.666. The first-order valence-corrected chi connectivity index (χ1v) is 10.2. The van der Waals surface area contributed by atoms with Crippen LogP contribution in [0.1, 0.15) is 39.5 Å². The first-order chi connectivity index (χ1) is 14.3. The molecule has 0 bridgehead atoms. The lowest BCUT2D eigenvalue weighted by atomic mass is 9.95. The smallest absolute Gasteiger partial charge is 0.297 e. The van der Waals surface area contributed by atoms with Crippen molar-refractivity contribution in [2.24, 2.45) is 7.05 Å². The molecule has 2 aromatic rings. The molecule has 166 valence electrons. The van der Waals surface area contributed by atoms with Gasteiger partial charge in [0, 0.05) is 26.1 Å². The summed E-state index contributed by atoms with van der Waals surface area (Å²) in [7, 11) is 1.83. The number of aryl methyl sites for hydroxylation is 1. The molecule has 1 fully saturated rings. The zero-order chi connectivity index (χ0) is 21.7. The Balaban J connectivity index is 1.52. The molecule has 0 saturated heterocycles. The van der Waals surface area contributed by atoms with Gasteiger partial charge in [-0.3, -0.25) is 9.36 Å². The summed E-state index contributed by atoms with van der Waals surface area (Å²) in [5.41, 5.74) is 1.49. The summed E-state index contributed by atoms with van der Waals surface area (Å²) in [6.45, 7) is 3.28. The van der Waals surface area contributed by atoms with Crippen LogP contribution in [0.2, 0.25) is 0 Å². The summed E-state index contributed by atoms with van der Waals surface area (Å²) in [6, 6.07) is 5.56. The number of hydrogen-bond acceptors (Lipinski definition) is 5. The molecule has 0 unspecified atom stereocenters. The molecule has 0 aliphatic heterocycles. The molecule has 1 aliphatic rings. The predicted molar refractivity (Wildman–Crippen MR) is 108 cm³/mol. The Kier molecular flexibility index (Phi) is 7.47. The number of nitrogens with one attached hydrogen (secondary N) is 1. The molecule has 9 heteroatoms. The summed E-state index contributed by atoms with van der Waals surface area (Å²) >= 11 is 0. The molecule has 7 nitrogen and oxygen atoms in total. The highest BCUT2D eigenvalue weighted by Gasteiger charge is 2.25. The zero-order valence-corrected chi connectivity index (χ0v) is 17.6. The maximum Gasteiger partial charge on any atom is 0.297 e. The van der Waals surface area contributed by atoms with Gasteiger partial charge in [0.1, 0.15) is 18.5 Å². The lowest BCUT2D eigenvalue weighted by molar-refractivity contribution is -0.120. The summed E-state index contributed by atoms with van der Waals surface area (Å²) in [6.07, 6.45) is 1.16. The summed E-state index contributed by atoms with van der Waals surface area (Å²) in [4.78, 5) is 15.6. The second-order valence-corrected chi connectivity index (χ2v) is 7.76. The lowest BCUT2D eigenvalue weighted by Crippen LogP contribution is -2.37. The van der Waals surface area contributed by atoms with Crippen LogP contribution in [-0.4, -0.2) is 53.3 Å². The van der Waals surface area contributed by atoms with E-state index in [1.165, 1.54) is 6.92 Å². The second kappa shape index (κ2) is 10.1. The fourth-order valence-corrected chi connectivity index (χ4v) is 3.64. The Hall–Kier alpha value is -2.42. The van der Waals surface area contributed by atoms with E-state index in [-0.39, 0.29) is 24.2 Å². The zero-order valence-electron chi connectivity index (χ0n) is 17.6. The topological polar surface area (TPSA) is 74.6 Å². The van der Waals surface area contributed by atoms with Crippen molar-refractivity contribution in [2.45, 2.75) is 64.2 Å². The van der Waals surface area contributed by atoms with Crippen molar-refractivity contribution in [3.8, 4) is 11.8 Å². The van der Waals surface area contributed by atoms with Crippen LogP contribution in [0.25, 0.3) is 11.0 Å². The van der Waals surface area contributed by atoms with Gasteiger partial charge in [-0.25, -0.2) is 8.78 Å². The number of amides is 1. The van der Waals surface area contributed by atoms with Crippen molar-refractivity contribution >= 4 is 16.9 Å². The van der Waals surface area contributed by atoms with E-state index in [2.05, 4.69) is 10.3 Å². The van der Waals surface area contributed by atoms with Gasteiger partial charge in [0.2, 0.25) is 5.91 Å². The number of halogens is 2. The van der Waals surface area contributed by atoms with E-state index in [0.29, 0.717) is 18.4 Å². The molecule has 1 heterocycles. The number of aromatic nitrogens is 2. The Bertz CT molecular complexity index is 850. The van der Waals surface area contributed by atoms with E-state index in [0.717, 1.165) is 36.7 Å². The van der Waals surface area contributed by atoms with Gasteiger partial charge in [0.05, 0.1) is 23.7 Å². The summed E-state index contributed by atoms with van der Waals surface area (Å²) in [5.74, 6) is 0.321. The van der Waals surface area contributed by atoms with Crippen LogP contribution in [0.5, 0.6) is 11.8 Å². The van der Waals surface area contributed by atoms with Crippen LogP contribution in [0, 0.1) is 0 Å². The fraction of sp³-hybridized carbons (Fsp3) is 0.619. The number of ether oxygens (including phenoxy) is 3. The fourth-order valence-electron chi connectivity index (χ4n) is 3.64. The highest BCUT2D eigenvalue weighted by Crippen LogP contribution is 2.29. The van der Waals surface area contributed by atoms with Gasteiger partial charge in [-0.1, -0.05) is 0 Å². The number of benzene rings is 1. The number of nitrogens with zero attached hydrogens (tertiary/aromatic N) is 2. The second-order valence-electron chi connectivity index (χ2n) is 7.76. The van der Waals surface area contributed by atoms with Gasteiger partial charge >= 0.3 is 0 Å². The maximum absolute atomic E-state index is 12.4. The molecular formula is C21H29F2N3O4. The van der Waals surface area contributed by atoms with Crippen molar-refractivity contribution in [1.82, 2.24) is 14.9 Å². The number of fused-ring (bicyclic) bond motifs is 1. The monoisotopic (exact) mass is 425 g/mol. The molecule has 1 aromatic carbocycles. The Morgan fingerprint density at radius 2 is 1.93 bits per heavy atom. The minimum absolute atomic E-state index is 0.00830. The van der Waals surface area contributed by atoms with Gasteiger partial charge in [-0.15, -0.1) is 0 Å². The van der Waals surface area contributed by atoms with Gasteiger partial charge in [0.15, 0.2) is 0 Å². The van der Waals surface area contributed by atoms with E-state index in [9.17, 15) is 13.6 Å². The van der Waals surface area contributed by atoms with Crippen LogP contribution < -0.4 is 14.8 Å². The first-order valence-electron chi connectivity index (χ1n) is 10.2. The van der Waals surface area contributed by atoms with Gasteiger partial charge < -0.3 is 19.5 Å². The van der Waals surface area contributed by atoms with Crippen LogP contribution in [0.4, 0.5) is 8.78 Å². The van der Waals surface area contributed by atoms with Gasteiger partial charge in [0.25, 0.3) is 12.4 Å².